The van der Waals surface area contributed by atoms with Gasteiger partial charge in [-0.3, -0.25) is 0 Å². The molecule has 0 aliphatic carbocycles. The molecule has 0 unspecified atom stereocenters. The molecular formula is C5H11NO4. The van der Waals surface area contributed by atoms with E-state index in [1.807, 2.05) is 0 Å². The SMILES string of the molecule is N[C@@H]1[C@@H](O)[C@H](O)CO[C@H]1O. The van der Waals surface area contributed by atoms with Crippen LogP contribution in [0, 0.1) is 0 Å². The van der Waals surface area contributed by atoms with Gasteiger partial charge in [0.25, 0.3) is 0 Å². The lowest BCUT2D eigenvalue weighted by Gasteiger charge is -2.32. The zero-order chi connectivity index (χ0) is 7.72. The highest BCUT2D eigenvalue weighted by Crippen LogP contribution is 2.10. The fourth-order valence-electron chi connectivity index (χ4n) is 0.832. The predicted molar refractivity (Wildman–Crippen MR) is 31.9 cm³/mol. The molecule has 10 heavy (non-hydrogen) atoms. The Kier molecular flexibility index (Phi) is 2.22. The zero-order valence-electron chi connectivity index (χ0n) is 5.34. The molecule has 1 aliphatic rings. The van der Waals surface area contributed by atoms with Crippen LogP contribution in [0.5, 0.6) is 0 Å². The molecule has 0 saturated carbocycles. The molecule has 0 radical (unpaired) electrons. The van der Waals surface area contributed by atoms with E-state index in [0.29, 0.717) is 0 Å². The first kappa shape index (κ1) is 7.90. The third-order valence-corrected chi connectivity index (χ3v) is 1.56. The van der Waals surface area contributed by atoms with E-state index in [1.165, 1.54) is 0 Å². The second-order valence-corrected chi connectivity index (χ2v) is 2.36. The van der Waals surface area contributed by atoms with Crippen molar-refractivity contribution in [3.8, 4) is 0 Å². The van der Waals surface area contributed by atoms with Crippen LogP contribution >= 0.6 is 0 Å². The van der Waals surface area contributed by atoms with Gasteiger partial charge in [-0.25, -0.2) is 0 Å². The topological polar surface area (TPSA) is 95.9 Å². The molecular weight excluding hydrogens is 138 g/mol. The summed E-state index contributed by atoms with van der Waals surface area (Å²) in [6, 6.07) is -0.913. The minimum atomic E-state index is -1.17. The van der Waals surface area contributed by atoms with Gasteiger partial charge in [-0.1, -0.05) is 0 Å². The van der Waals surface area contributed by atoms with Gasteiger partial charge in [0, 0.05) is 0 Å². The van der Waals surface area contributed by atoms with Crippen molar-refractivity contribution in [1.82, 2.24) is 0 Å². The van der Waals surface area contributed by atoms with Gasteiger partial charge in [0.15, 0.2) is 6.29 Å². The summed E-state index contributed by atoms with van der Waals surface area (Å²) in [5.41, 5.74) is 5.23. The maximum Gasteiger partial charge on any atom is 0.172 e. The fraction of sp³-hybridized carbons (Fsp3) is 1.00. The maximum atomic E-state index is 9.00. The van der Waals surface area contributed by atoms with Crippen molar-refractivity contribution in [2.24, 2.45) is 5.73 Å². The van der Waals surface area contributed by atoms with Crippen LogP contribution in [0.15, 0.2) is 0 Å². The lowest BCUT2D eigenvalue weighted by molar-refractivity contribution is -0.205. The third-order valence-electron chi connectivity index (χ3n) is 1.56. The molecule has 5 heteroatoms. The van der Waals surface area contributed by atoms with E-state index < -0.39 is 24.5 Å². The van der Waals surface area contributed by atoms with E-state index >= 15 is 0 Å². The molecule has 1 heterocycles. The summed E-state index contributed by atoms with van der Waals surface area (Å²) in [6.07, 6.45) is -3.25. The summed E-state index contributed by atoms with van der Waals surface area (Å²) < 4.78 is 4.59. The second-order valence-electron chi connectivity index (χ2n) is 2.36. The van der Waals surface area contributed by atoms with Crippen LogP contribution in [0.4, 0.5) is 0 Å². The maximum absolute atomic E-state index is 9.00. The monoisotopic (exact) mass is 149 g/mol. The first-order valence-corrected chi connectivity index (χ1v) is 3.04. The summed E-state index contributed by atoms with van der Waals surface area (Å²) in [4.78, 5) is 0. The van der Waals surface area contributed by atoms with Crippen LogP contribution in [0.2, 0.25) is 0 Å². The van der Waals surface area contributed by atoms with Crippen molar-refractivity contribution in [1.29, 1.82) is 0 Å². The molecule has 4 atom stereocenters. The Bertz CT molecular complexity index is 106. The molecule has 5 nitrogen and oxygen atoms in total. The summed E-state index contributed by atoms with van der Waals surface area (Å²) >= 11 is 0. The van der Waals surface area contributed by atoms with Gasteiger partial charge >= 0.3 is 0 Å². The second kappa shape index (κ2) is 2.81. The highest BCUT2D eigenvalue weighted by atomic mass is 16.6. The minimum absolute atomic E-state index is 0.0734. The van der Waals surface area contributed by atoms with Gasteiger partial charge < -0.3 is 25.8 Å². The largest absolute Gasteiger partial charge is 0.389 e. The molecule has 0 bridgehead atoms. The molecule has 1 aliphatic heterocycles. The quantitative estimate of drug-likeness (QED) is 0.302. The number of aliphatic hydroxyl groups is 3. The molecule has 1 saturated heterocycles. The molecule has 0 aromatic heterocycles. The molecule has 1 fully saturated rings. The number of aliphatic hydroxyl groups excluding tert-OH is 3. The molecule has 60 valence electrons. The van der Waals surface area contributed by atoms with Gasteiger partial charge in [-0.15, -0.1) is 0 Å². The Morgan fingerprint density at radius 3 is 2.40 bits per heavy atom. The van der Waals surface area contributed by atoms with Crippen LogP contribution in [-0.2, 0) is 4.74 Å². The van der Waals surface area contributed by atoms with Crippen molar-refractivity contribution in [2.75, 3.05) is 6.61 Å². The Morgan fingerprint density at radius 1 is 1.30 bits per heavy atom. The van der Waals surface area contributed by atoms with Crippen molar-refractivity contribution < 1.29 is 20.1 Å². The van der Waals surface area contributed by atoms with Gasteiger partial charge in [0.1, 0.15) is 12.2 Å². The first-order chi connectivity index (χ1) is 4.63. The van der Waals surface area contributed by atoms with Crippen molar-refractivity contribution in [2.45, 2.75) is 24.5 Å². The van der Waals surface area contributed by atoms with Gasteiger partial charge in [-0.2, -0.15) is 0 Å². The Balaban J connectivity index is 2.52. The Morgan fingerprint density at radius 2 is 1.90 bits per heavy atom. The first-order valence-electron chi connectivity index (χ1n) is 3.04. The summed E-state index contributed by atoms with van der Waals surface area (Å²) in [7, 11) is 0. The summed E-state index contributed by atoms with van der Waals surface area (Å²) in [6.45, 7) is -0.0734. The summed E-state index contributed by atoms with van der Waals surface area (Å²) in [5.74, 6) is 0. The molecule has 1 rings (SSSR count). The van der Waals surface area contributed by atoms with Gasteiger partial charge in [-0.05, 0) is 0 Å². The highest BCUT2D eigenvalue weighted by molar-refractivity contribution is 4.84. The van der Waals surface area contributed by atoms with Gasteiger partial charge in [0.2, 0.25) is 0 Å². The smallest absolute Gasteiger partial charge is 0.172 e. The van der Waals surface area contributed by atoms with Crippen LogP contribution < -0.4 is 5.73 Å². The average molecular weight is 149 g/mol. The number of rotatable bonds is 0. The number of ether oxygens (including phenoxy) is 1. The van der Waals surface area contributed by atoms with Gasteiger partial charge in [0.05, 0.1) is 12.6 Å². The number of nitrogens with two attached hydrogens (primary N) is 1. The number of hydrogen-bond acceptors (Lipinski definition) is 5. The average Bonchev–Trinajstić information content (AvgIpc) is 1.93. The van der Waals surface area contributed by atoms with E-state index in [1.54, 1.807) is 0 Å². The highest BCUT2D eigenvalue weighted by Gasteiger charge is 2.34. The third kappa shape index (κ3) is 1.28. The van der Waals surface area contributed by atoms with Crippen molar-refractivity contribution >= 4 is 0 Å². The van der Waals surface area contributed by atoms with E-state index in [2.05, 4.69) is 4.74 Å². The minimum Gasteiger partial charge on any atom is -0.389 e. The Hall–Kier alpha value is -0.200. The van der Waals surface area contributed by atoms with E-state index in [-0.39, 0.29) is 6.61 Å². The number of hydrogen-bond donors (Lipinski definition) is 4. The standard InChI is InChI=1S/C5H11NO4/c6-3-4(8)2(7)1-10-5(3)9/h2-5,7-9H,1,6H2/t2-,3-,4+,5-/m1/s1. The van der Waals surface area contributed by atoms with Crippen LogP contribution in [0.25, 0.3) is 0 Å². The molecule has 0 spiro atoms. The van der Waals surface area contributed by atoms with Crippen LogP contribution in [0.3, 0.4) is 0 Å². The normalized spacial score (nSPS) is 49.2. The lowest BCUT2D eigenvalue weighted by Crippen LogP contribution is -2.57. The van der Waals surface area contributed by atoms with Crippen molar-refractivity contribution in [3.63, 3.8) is 0 Å². The molecule has 0 aromatic rings. The molecule has 0 amide bonds. The summed E-state index contributed by atoms with van der Waals surface area (Å²) in [5, 5.41) is 26.7. The lowest BCUT2D eigenvalue weighted by atomic mass is 10.0. The van der Waals surface area contributed by atoms with Crippen LogP contribution in [0.1, 0.15) is 0 Å². The van der Waals surface area contributed by atoms with E-state index in [9.17, 15) is 0 Å². The molecule has 0 aromatic carbocycles. The van der Waals surface area contributed by atoms with E-state index in [4.69, 9.17) is 21.1 Å². The Labute approximate surface area is 58.0 Å². The fourth-order valence-corrected chi connectivity index (χ4v) is 0.832. The van der Waals surface area contributed by atoms with E-state index in [0.717, 1.165) is 0 Å². The molecule has 5 N–H and O–H groups in total. The predicted octanol–water partition coefficient (Wildman–Crippen LogP) is -2.62. The van der Waals surface area contributed by atoms with Crippen molar-refractivity contribution in [3.05, 3.63) is 0 Å². The zero-order valence-corrected chi connectivity index (χ0v) is 5.34. The van der Waals surface area contributed by atoms with Crippen LogP contribution in [-0.4, -0.2) is 46.5 Å².